The molecule has 128 valence electrons. The number of carbonyl (C=O) groups excluding carboxylic acids is 2. The first-order valence-corrected chi connectivity index (χ1v) is 8.49. The van der Waals surface area contributed by atoms with Gasteiger partial charge in [-0.1, -0.05) is 13.8 Å². The zero-order chi connectivity index (χ0) is 17.7. The van der Waals surface area contributed by atoms with Gasteiger partial charge in [-0.05, 0) is 5.92 Å². The minimum Gasteiger partial charge on any atom is -0.464 e. The van der Waals surface area contributed by atoms with Crippen LogP contribution in [0.15, 0.2) is 10.2 Å². The number of rotatable bonds is 8. The summed E-state index contributed by atoms with van der Waals surface area (Å²) in [6, 6.07) is 0. The maximum atomic E-state index is 12.1. The van der Waals surface area contributed by atoms with Gasteiger partial charge in [-0.25, -0.2) is 9.78 Å². The number of thiazole rings is 1. The van der Waals surface area contributed by atoms with E-state index in [1.807, 2.05) is 13.8 Å². The molecule has 0 aliphatic carbocycles. The van der Waals surface area contributed by atoms with Crippen LogP contribution in [0, 0.1) is 12.3 Å². The maximum absolute atomic E-state index is 12.1. The van der Waals surface area contributed by atoms with E-state index in [0.29, 0.717) is 24.4 Å². The molecule has 1 N–H and O–H groups in total. The number of anilines is 1. The van der Waals surface area contributed by atoms with Crippen molar-refractivity contribution in [3.8, 4) is 12.3 Å². The third-order valence-electron chi connectivity index (χ3n) is 3.61. The lowest BCUT2D eigenvalue weighted by molar-refractivity contribution is -0.116. The Kier molecular flexibility index (Phi) is 5.67. The van der Waals surface area contributed by atoms with Crippen molar-refractivity contribution in [1.82, 2.24) is 4.98 Å². The third kappa shape index (κ3) is 4.38. The Balaban J connectivity index is 1.94. The van der Waals surface area contributed by atoms with Gasteiger partial charge in [0.15, 0.2) is 16.5 Å². The number of aromatic nitrogens is 1. The fraction of sp³-hybridized carbons (Fsp3) is 0.562. The van der Waals surface area contributed by atoms with Crippen molar-refractivity contribution < 1.29 is 14.3 Å². The molecule has 2 heterocycles. The maximum Gasteiger partial charge on any atom is 0.357 e. The molecular formula is C16H20N4O3S. The summed E-state index contributed by atoms with van der Waals surface area (Å²) in [5.41, 5.74) is -0.224. The lowest BCUT2D eigenvalue weighted by Crippen LogP contribution is -2.17. The molecule has 1 aliphatic rings. The van der Waals surface area contributed by atoms with E-state index in [4.69, 9.17) is 11.2 Å². The molecule has 0 atom stereocenters. The smallest absolute Gasteiger partial charge is 0.357 e. The second-order valence-corrected chi connectivity index (χ2v) is 6.84. The van der Waals surface area contributed by atoms with Gasteiger partial charge in [0.05, 0.1) is 7.11 Å². The second kappa shape index (κ2) is 7.53. The molecule has 2 rings (SSSR count). The van der Waals surface area contributed by atoms with Crippen LogP contribution in [-0.2, 0) is 9.53 Å². The van der Waals surface area contributed by atoms with Crippen LogP contribution in [0.2, 0.25) is 0 Å². The van der Waals surface area contributed by atoms with Crippen LogP contribution in [-0.4, -0.2) is 29.6 Å². The van der Waals surface area contributed by atoms with Crippen molar-refractivity contribution in [1.29, 1.82) is 0 Å². The van der Waals surface area contributed by atoms with Crippen molar-refractivity contribution >= 4 is 28.3 Å². The molecule has 1 aromatic heterocycles. The molecule has 0 aromatic carbocycles. The van der Waals surface area contributed by atoms with Crippen LogP contribution in [0.1, 0.15) is 60.8 Å². The Morgan fingerprint density at radius 2 is 2.08 bits per heavy atom. The van der Waals surface area contributed by atoms with Gasteiger partial charge in [-0.3, -0.25) is 4.79 Å². The summed E-state index contributed by atoms with van der Waals surface area (Å²) in [4.78, 5) is 28.9. The molecular weight excluding hydrogens is 328 g/mol. The molecule has 0 spiro atoms. The highest BCUT2D eigenvalue weighted by atomic mass is 32.1. The van der Waals surface area contributed by atoms with E-state index in [-0.39, 0.29) is 23.9 Å². The zero-order valence-electron chi connectivity index (χ0n) is 14.0. The summed E-state index contributed by atoms with van der Waals surface area (Å²) < 4.78 is 4.73. The van der Waals surface area contributed by atoms with Crippen LogP contribution < -0.4 is 5.32 Å². The Morgan fingerprint density at radius 3 is 2.62 bits per heavy atom. The van der Waals surface area contributed by atoms with E-state index >= 15 is 0 Å². The first-order valence-electron chi connectivity index (χ1n) is 7.67. The number of terminal acetylenes is 1. The van der Waals surface area contributed by atoms with Gasteiger partial charge in [-0.15, -0.1) is 23.7 Å². The van der Waals surface area contributed by atoms with Crippen molar-refractivity contribution in [2.24, 2.45) is 10.2 Å². The van der Waals surface area contributed by atoms with Gasteiger partial charge in [0, 0.05) is 30.6 Å². The van der Waals surface area contributed by atoms with Crippen molar-refractivity contribution in [3.05, 3.63) is 10.6 Å². The van der Waals surface area contributed by atoms with Crippen LogP contribution in [0.25, 0.3) is 0 Å². The van der Waals surface area contributed by atoms with Crippen LogP contribution in [0.4, 0.5) is 5.13 Å². The number of ether oxygens (including phenoxy) is 1. The van der Waals surface area contributed by atoms with E-state index in [1.165, 1.54) is 18.4 Å². The van der Waals surface area contributed by atoms with Gasteiger partial charge in [-0.2, -0.15) is 10.2 Å². The summed E-state index contributed by atoms with van der Waals surface area (Å²) in [5, 5.41) is 11.1. The van der Waals surface area contributed by atoms with Gasteiger partial charge in [0.2, 0.25) is 5.91 Å². The van der Waals surface area contributed by atoms with Crippen molar-refractivity contribution in [2.75, 3.05) is 12.4 Å². The minimum absolute atomic E-state index is 0.110. The predicted octanol–water partition coefficient (Wildman–Crippen LogP) is 3.35. The van der Waals surface area contributed by atoms with E-state index in [9.17, 15) is 9.59 Å². The van der Waals surface area contributed by atoms with Gasteiger partial charge >= 0.3 is 5.97 Å². The zero-order valence-corrected chi connectivity index (χ0v) is 14.8. The second-order valence-electron chi connectivity index (χ2n) is 5.81. The fourth-order valence-electron chi connectivity index (χ4n) is 2.18. The minimum atomic E-state index is -0.501. The topological polar surface area (TPSA) is 93.0 Å². The molecule has 1 amide bonds. The molecule has 0 unspecified atom stereocenters. The number of hydrogen-bond donors (Lipinski definition) is 1. The summed E-state index contributed by atoms with van der Waals surface area (Å²) >= 11 is 1.29. The van der Waals surface area contributed by atoms with E-state index in [1.54, 1.807) is 0 Å². The summed E-state index contributed by atoms with van der Waals surface area (Å²) in [5.74, 6) is 1.98. The average molecular weight is 348 g/mol. The number of amides is 1. The largest absolute Gasteiger partial charge is 0.464 e. The molecule has 0 bridgehead atoms. The number of nitrogens with one attached hydrogen (secondary N) is 1. The monoisotopic (exact) mass is 348 g/mol. The van der Waals surface area contributed by atoms with Crippen LogP contribution in [0.5, 0.6) is 0 Å². The van der Waals surface area contributed by atoms with Gasteiger partial charge < -0.3 is 10.1 Å². The lowest BCUT2D eigenvalue weighted by atomic mass is 10.0. The van der Waals surface area contributed by atoms with Crippen molar-refractivity contribution in [3.63, 3.8) is 0 Å². The van der Waals surface area contributed by atoms with E-state index < -0.39 is 11.6 Å². The first kappa shape index (κ1) is 18.1. The number of methoxy groups -OCH3 is 1. The molecule has 0 saturated heterocycles. The summed E-state index contributed by atoms with van der Waals surface area (Å²) in [6.45, 7) is 3.91. The molecule has 1 aromatic rings. The fourth-order valence-corrected chi connectivity index (χ4v) is 3.15. The molecule has 1 aliphatic heterocycles. The quantitative estimate of drug-likeness (QED) is 0.576. The standard InChI is InChI=1S/C16H20N4O3S/c1-5-6-8-16(19-20-16)9-7-11(21)17-15-18-12(14(22)23-4)13(24-15)10(2)3/h1,10H,6-9H2,2-4H3,(H,17,18,21). The highest BCUT2D eigenvalue weighted by molar-refractivity contribution is 7.16. The van der Waals surface area contributed by atoms with Crippen LogP contribution >= 0.6 is 11.3 Å². The predicted molar refractivity (Wildman–Crippen MR) is 91.1 cm³/mol. The highest BCUT2D eigenvalue weighted by Gasteiger charge is 2.39. The number of nitrogens with zero attached hydrogens (tertiary/aromatic N) is 3. The molecule has 24 heavy (non-hydrogen) atoms. The Morgan fingerprint density at radius 1 is 1.38 bits per heavy atom. The molecule has 0 radical (unpaired) electrons. The van der Waals surface area contributed by atoms with E-state index in [2.05, 4.69) is 26.4 Å². The number of carbonyl (C=O) groups is 2. The normalized spacial score (nSPS) is 14.3. The SMILES string of the molecule is C#CCCC1(CCC(=O)Nc2nc(C(=O)OC)c(C(C)C)s2)N=N1. The molecule has 8 heteroatoms. The van der Waals surface area contributed by atoms with Crippen molar-refractivity contribution in [2.45, 2.75) is 51.1 Å². The Labute approximate surface area is 144 Å². The Hall–Kier alpha value is -2.27. The van der Waals surface area contributed by atoms with Crippen LogP contribution in [0.3, 0.4) is 0 Å². The Bertz CT molecular complexity index is 697. The first-order chi connectivity index (χ1) is 11.4. The highest BCUT2D eigenvalue weighted by Crippen LogP contribution is 2.37. The molecule has 7 nitrogen and oxygen atoms in total. The lowest BCUT2D eigenvalue weighted by Gasteiger charge is -2.07. The number of hydrogen-bond acceptors (Lipinski definition) is 7. The number of esters is 1. The summed E-state index contributed by atoms with van der Waals surface area (Å²) in [6.07, 6.45) is 7.28. The average Bonchev–Trinajstić information content (AvgIpc) is 3.21. The molecule has 0 fully saturated rings. The third-order valence-corrected chi connectivity index (χ3v) is 4.88. The van der Waals surface area contributed by atoms with E-state index in [0.717, 1.165) is 4.88 Å². The summed E-state index contributed by atoms with van der Waals surface area (Å²) in [7, 11) is 1.31. The van der Waals surface area contributed by atoms with Gasteiger partial charge in [0.1, 0.15) is 0 Å². The molecule has 0 saturated carbocycles. The van der Waals surface area contributed by atoms with Gasteiger partial charge in [0.25, 0.3) is 0 Å².